The molecular weight excluding hydrogens is 323 g/mol. The fourth-order valence-corrected chi connectivity index (χ4v) is 2.78. The molecule has 2 aromatic carbocycles. The number of hydrogen-bond acceptors (Lipinski definition) is 4. The molecule has 6 nitrogen and oxygen atoms in total. The van der Waals surface area contributed by atoms with Crippen LogP contribution < -0.4 is 10.3 Å². The van der Waals surface area contributed by atoms with E-state index < -0.39 is 0 Å². The summed E-state index contributed by atoms with van der Waals surface area (Å²) >= 11 is 0. The van der Waals surface area contributed by atoms with E-state index in [1.165, 1.54) is 12.1 Å². The van der Waals surface area contributed by atoms with E-state index in [2.05, 4.69) is 10.1 Å². The van der Waals surface area contributed by atoms with E-state index in [4.69, 9.17) is 4.74 Å². The minimum Gasteiger partial charge on any atom is -0.492 e. The van der Waals surface area contributed by atoms with Crippen molar-refractivity contribution in [2.75, 3.05) is 6.61 Å². The summed E-state index contributed by atoms with van der Waals surface area (Å²) in [6.45, 7) is 2.47. The Balaban J connectivity index is 1.71. The van der Waals surface area contributed by atoms with Crippen molar-refractivity contribution in [3.63, 3.8) is 0 Å². The maximum Gasteiger partial charge on any atom is 0.296 e. The summed E-state index contributed by atoms with van der Waals surface area (Å²) in [7, 11) is 0. The Hall–Kier alpha value is -3.22. The lowest BCUT2D eigenvalue weighted by atomic mass is 10.3. The Kier molecular flexibility index (Phi) is 3.68. The zero-order valence-electron chi connectivity index (χ0n) is 13.5. The van der Waals surface area contributed by atoms with E-state index in [0.717, 1.165) is 11.0 Å². The minimum absolute atomic E-state index is 0.306. The van der Waals surface area contributed by atoms with Crippen LogP contribution in [0.25, 0.3) is 16.8 Å². The monoisotopic (exact) mass is 338 g/mol. The molecule has 0 saturated carbocycles. The van der Waals surface area contributed by atoms with Crippen molar-refractivity contribution in [1.29, 1.82) is 0 Å². The molecule has 0 spiro atoms. The molecule has 25 heavy (non-hydrogen) atoms. The number of benzene rings is 2. The Morgan fingerprint density at radius 1 is 1.08 bits per heavy atom. The van der Waals surface area contributed by atoms with Crippen molar-refractivity contribution in [2.24, 2.45) is 0 Å². The SMILES string of the molecule is Cc1nn2c3ccccc3n(CCOc3ccc(F)cc3)c2nc1=O. The normalized spacial score (nSPS) is 11.3. The molecule has 4 rings (SSSR count). The highest BCUT2D eigenvalue weighted by Crippen LogP contribution is 2.18. The number of imidazole rings is 1. The minimum atomic E-state index is -0.344. The Morgan fingerprint density at radius 2 is 1.80 bits per heavy atom. The molecule has 2 aromatic heterocycles. The molecule has 4 aromatic rings. The van der Waals surface area contributed by atoms with Gasteiger partial charge < -0.3 is 9.30 Å². The van der Waals surface area contributed by atoms with E-state index in [9.17, 15) is 9.18 Å². The number of fused-ring (bicyclic) bond motifs is 3. The van der Waals surface area contributed by atoms with Crippen LogP contribution >= 0.6 is 0 Å². The lowest BCUT2D eigenvalue weighted by Crippen LogP contribution is -2.18. The van der Waals surface area contributed by atoms with Gasteiger partial charge in [0.05, 0.1) is 17.6 Å². The van der Waals surface area contributed by atoms with Crippen molar-refractivity contribution in [3.05, 3.63) is 70.4 Å². The fourth-order valence-electron chi connectivity index (χ4n) is 2.78. The summed E-state index contributed by atoms with van der Waals surface area (Å²) in [6, 6.07) is 13.6. The molecule has 0 atom stereocenters. The van der Waals surface area contributed by atoms with Gasteiger partial charge in [-0.15, -0.1) is 0 Å². The van der Waals surface area contributed by atoms with E-state index >= 15 is 0 Å². The van der Waals surface area contributed by atoms with Gasteiger partial charge in [-0.25, -0.2) is 4.39 Å². The predicted octanol–water partition coefficient (Wildman–Crippen LogP) is 2.57. The Morgan fingerprint density at radius 3 is 2.56 bits per heavy atom. The van der Waals surface area contributed by atoms with Crippen LogP contribution in [0, 0.1) is 12.7 Å². The molecule has 0 amide bonds. The predicted molar refractivity (Wildman–Crippen MR) is 91.4 cm³/mol. The van der Waals surface area contributed by atoms with E-state index in [-0.39, 0.29) is 11.4 Å². The average molecular weight is 338 g/mol. The van der Waals surface area contributed by atoms with Crippen molar-refractivity contribution < 1.29 is 9.13 Å². The van der Waals surface area contributed by atoms with Crippen LogP contribution in [0.5, 0.6) is 5.75 Å². The summed E-state index contributed by atoms with van der Waals surface area (Å²) in [6.07, 6.45) is 0. The van der Waals surface area contributed by atoms with Crippen LogP contribution in [-0.2, 0) is 6.54 Å². The summed E-state index contributed by atoms with van der Waals surface area (Å²) < 4.78 is 22.2. The number of ether oxygens (including phenoxy) is 1. The zero-order valence-corrected chi connectivity index (χ0v) is 13.5. The van der Waals surface area contributed by atoms with Gasteiger partial charge in [-0.05, 0) is 43.3 Å². The van der Waals surface area contributed by atoms with Gasteiger partial charge in [-0.1, -0.05) is 12.1 Å². The van der Waals surface area contributed by atoms with Crippen LogP contribution in [-0.4, -0.2) is 25.8 Å². The number of nitrogens with zero attached hydrogens (tertiary/aromatic N) is 4. The van der Waals surface area contributed by atoms with Crippen molar-refractivity contribution in [3.8, 4) is 5.75 Å². The first kappa shape index (κ1) is 15.3. The van der Waals surface area contributed by atoms with Gasteiger partial charge >= 0.3 is 0 Å². The topological polar surface area (TPSA) is 61.4 Å². The highest BCUT2D eigenvalue weighted by molar-refractivity contribution is 5.80. The summed E-state index contributed by atoms with van der Waals surface area (Å²) in [5.74, 6) is 0.750. The first-order chi connectivity index (χ1) is 12.1. The molecule has 0 bridgehead atoms. The molecule has 0 saturated heterocycles. The van der Waals surface area contributed by atoms with Gasteiger partial charge in [0.2, 0.25) is 5.78 Å². The summed E-state index contributed by atoms with van der Waals surface area (Å²) in [5, 5.41) is 4.34. The second-order valence-electron chi connectivity index (χ2n) is 5.66. The van der Waals surface area contributed by atoms with Crippen LogP contribution in [0.15, 0.2) is 53.3 Å². The third kappa shape index (κ3) is 2.73. The second kappa shape index (κ2) is 6.01. The van der Waals surface area contributed by atoms with Crippen molar-refractivity contribution in [1.82, 2.24) is 19.2 Å². The van der Waals surface area contributed by atoms with Crippen LogP contribution in [0.4, 0.5) is 4.39 Å². The zero-order chi connectivity index (χ0) is 17.4. The molecule has 126 valence electrons. The average Bonchev–Trinajstić information content (AvgIpc) is 2.91. The van der Waals surface area contributed by atoms with E-state index in [1.807, 2.05) is 28.8 Å². The maximum atomic E-state index is 12.9. The number of aryl methyl sites for hydroxylation is 1. The lowest BCUT2D eigenvalue weighted by Gasteiger charge is -2.08. The highest BCUT2D eigenvalue weighted by atomic mass is 19.1. The highest BCUT2D eigenvalue weighted by Gasteiger charge is 2.13. The van der Waals surface area contributed by atoms with Gasteiger partial charge in [-0.2, -0.15) is 14.6 Å². The van der Waals surface area contributed by atoms with Crippen LogP contribution in [0.1, 0.15) is 5.69 Å². The van der Waals surface area contributed by atoms with Gasteiger partial charge in [-0.3, -0.25) is 4.79 Å². The number of para-hydroxylation sites is 2. The lowest BCUT2D eigenvalue weighted by molar-refractivity contribution is 0.301. The fraction of sp³-hybridized carbons (Fsp3) is 0.167. The molecule has 2 heterocycles. The van der Waals surface area contributed by atoms with Crippen molar-refractivity contribution in [2.45, 2.75) is 13.5 Å². The first-order valence-electron chi connectivity index (χ1n) is 7.87. The van der Waals surface area contributed by atoms with Crippen molar-refractivity contribution >= 4 is 16.8 Å². The summed E-state index contributed by atoms with van der Waals surface area (Å²) in [4.78, 5) is 16.1. The Labute approximate surface area is 142 Å². The molecule has 0 radical (unpaired) electrons. The molecule has 7 heteroatoms. The van der Waals surface area contributed by atoms with Crippen LogP contribution in [0.2, 0.25) is 0 Å². The molecule has 0 aliphatic carbocycles. The molecular formula is C18H15FN4O2. The number of aromatic nitrogens is 4. The third-order valence-electron chi connectivity index (χ3n) is 3.99. The number of rotatable bonds is 4. The van der Waals surface area contributed by atoms with E-state index in [0.29, 0.717) is 30.4 Å². The van der Waals surface area contributed by atoms with Crippen LogP contribution in [0.3, 0.4) is 0 Å². The third-order valence-corrected chi connectivity index (χ3v) is 3.99. The quantitative estimate of drug-likeness (QED) is 0.574. The molecule has 0 aliphatic heterocycles. The van der Waals surface area contributed by atoms with Gasteiger partial charge in [0, 0.05) is 0 Å². The second-order valence-corrected chi connectivity index (χ2v) is 5.66. The Bertz CT molecular complexity index is 1120. The largest absolute Gasteiger partial charge is 0.492 e. The molecule has 0 fully saturated rings. The number of hydrogen-bond donors (Lipinski definition) is 0. The maximum absolute atomic E-state index is 12.9. The van der Waals surface area contributed by atoms with Gasteiger partial charge in [0.25, 0.3) is 5.56 Å². The standard InChI is InChI=1S/C18H15FN4O2/c1-12-17(24)20-18-22(10-11-25-14-8-6-13(19)7-9-14)15-4-2-3-5-16(15)23(18)21-12/h2-9H,10-11H2,1H3. The van der Waals surface area contributed by atoms with E-state index in [1.54, 1.807) is 23.6 Å². The smallest absolute Gasteiger partial charge is 0.296 e. The molecule has 0 unspecified atom stereocenters. The van der Waals surface area contributed by atoms with Gasteiger partial charge in [0.1, 0.15) is 23.9 Å². The van der Waals surface area contributed by atoms with Gasteiger partial charge in [0.15, 0.2) is 0 Å². The molecule has 0 aliphatic rings. The number of halogens is 1. The first-order valence-corrected chi connectivity index (χ1v) is 7.87. The molecule has 0 N–H and O–H groups in total. The summed E-state index contributed by atoms with van der Waals surface area (Å²) in [5.41, 5.74) is 1.79.